The molecule has 2 aromatic heterocycles. The van der Waals surface area contributed by atoms with E-state index in [9.17, 15) is 0 Å². The number of aryl methyl sites for hydroxylation is 1. The van der Waals surface area contributed by atoms with Crippen molar-refractivity contribution in [2.75, 3.05) is 0 Å². The van der Waals surface area contributed by atoms with E-state index in [0.717, 1.165) is 33.8 Å². The Morgan fingerprint density at radius 2 is 1.48 bits per heavy atom. The highest BCUT2D eigenvalue weighted by molar-refractivity contribution is 6.15. The molecule has 0 radical (unpaired) electrons. The van der Waals surface area contributed by atoms with Crippen LogP contribution >= 0.6 is 0 Å². The molecule has 2 heteroatoms. The van der Waals surface area contributed by atoms with Gasteiger partial charge in [0.2, 0.25) is 0 Å². The zero-order valence-electron chi connectivity index (χ0n) is 24.2. The Hall–Kier alpha value is -4.30. The Bertz CT molecular complexity index is 1990. The molecule has 7 rings (SSSR count). The van der Waals surface area contributed by atoms with Crippen molar-refractivity contribution in [1.29, 1.82) is 0 Å². The fourth-order valence-corrected chi connectivity index (χ4v) is 7.19. The summed E-state index contributed by atoms with van der Waals surface area (Å²) in [7, 11) is 0. The summed E-state index contributed by atoms with van der Waals surface area (Å²) in [5.41, 5.74) is 14.3. The molecule has 2 aliphatic carbocycles. The van der Waals surface area contributed by atoms with Crippen LogP contribution in [0.1, 0.15) is 79.5 Å². The summed E-state index contributed by atoms with van der Waals surface area (Å²) < 4.78 is 12.6. The van der Waals surface area contributed by atoms with Crippen LogP contribution in [-0.4, -0.2) is 0 Å². The molecule has 0 spiro atoms. The lowest BCUT2D eigenvalue weighted by Gasteiger charge is -2.25. The van der Waals surface area contributed by atoms with Crippen LogP contribution in [0.2, 0.25) is 0 Å². The van der Waals surface area contributed by atoms with E-state index in [-0.39, 0.29) is 10.8 Å². The standard InChI is InChI=1S/C38H34O2/c1-9-11-14-23-22(4)39-30(10-2)35(23)33-21(3)37(5,6)28-20-26-29(19-25(28)33)38(7,8)27-17-18-32-36(34(26)27)24-15-12-13-16-31(24)40-32/h9-20H,1-2H2,3-8H3/b14-11-. The minimum Gasteiger partial charge on any atom is -0.461 e. The van der Waals surface area contributed by atoms with Crippen molar-refractivity contribution in [2.24, 2.45) is 0 Å². The maximum Gasteiger partial charge on any atom is 0.136 e. The summed E-state index contributed by atoms with van der Waals surface area (Å²) in [4.78, 5) is 0. The first-order chi connectivity index (χ1) is 19.1. The third kappa shape index (κ3) is 2.99. The quantitative estimate of drug-likeness (QED) is 0.219. The molecule has 3 aromatic carbocycles. The first-order valence-electron chi connectivity index (χ1n) is 14.0. The lowest BCUT2D eigenvalue weighted by atomic mass is 9.78. The maximum atomic E-state index is 6.32. The first kappa shape index (κ1) is 24.7. The van der Waals surface area contributed by atoms with Gasteiger partial charge in [0.25, 0.3) is 0 Å². The van der Waals surface area contributed by atoms with Crippen molar-refractivity contribution in [3.05, 3.63) is 124 Å². The molecule has 0 fully saturated rings. The molecule has 0 aliphatic heterocycles. The Morgan fingerprint density at radius 1 is 0.750 bits per heavy atom. The molecule has 198 valence electrons. The van der Waals surface area contributed by atoms with Gasteiger partial charge in [-0.15, -0.1) is 0 Å². The monoisotopic (exact) mass is 522 g/mol. The Morgan fingerprint density at radius 3 is 2.23 bits per heavy atom. The molecule has 0 unspecified atom stereocenters. The zero-order chi connectivity index (χ0) is 28.1. The molecular formula is C38H34O2. The Balaban J connectivity index is 1.56. The van der Waals surface area contributed by atoms with Gasteiger partial charge in [-0.2, -0.15) is 0 Å². The van der Waals surface area contributed by atoms with Crippen LogP contribution in [0.15, 0.2) is 88.2 Å². The van der Waals surface area contributed by atoms with Crippen LogP contribution in [-0.2, 0) is 10.8 Å². The van der Waals surface area contributed by atoms with E-state index in [1.807, 2.05) is 31.2 Å². The average molecular weight is 523 g/mol. The molecule has 40 heavy (non-hydrogen) atoms. The molecule has 0 saturated carbocycles. The fraction of sp³-hybridized carbons (Fsp3) is 0.211. The fourth-order valence-electron chi connectivity index (χ4n) is 7.19. The Kier molecular flexibility index (Phi) is 5.01. The normalized spacial score (nSPS) is 16.6. The summed E-state index contributed by atoms with van der Waals surface area (Å²) in [6, 6.07) is 17.7. The second-order valence-electron chi connectivity index (χ2n) is 12.3. The second-order valence-corrected chi connectivity index (χ2v) is 12.3. The molecule has 0 atom stereocenters. The Labute approximate surface area is 236 Å². The topological polar surface area (TPSA) is 26.3 Å². The molecular weight excluding hydrogens is 488 g/mol. The number of benzene rings is 3. The molecule has 2 nitrogen and oxygen atoms in total. The minimum atomic E-state index is -0.156. The van der Waals surface area contributed by atoms with E-state index in [1.165, 1.54) is 55.3 Å². The minimum absolute atomic E-state index is 0.151. The van der Waals surface area contributed by atoms with Gasteiger partial charge in [-0.05, 0) is 83.1 Å². The van der Waals surface area contributed by atoms with Gasteiger partial charge >= 0.3 is 0 Å². The molecule has 0 N–H and O–H groups in total. The molecule has 0 bridgehead atoms. The number of fused-ring (bicyclic) bond motifs is 8. The molecule has 2 aliphatic rings. The predicted octanol–water partition coefficient (Wildman–Crippen LogP) is 10.7. The van der Waals surface area contributed by atoms with Gasteiger partial charge in [0.05, 0.1) is 0 Å². The van der Waals surface area contributed by atoms with Gasteiger partial charge in [-0.25, -0.2) is 0 Å². The summed E-state index contributed by atoms with van der Waals surface area (Å²) in [5, 5.41) is 2.40. The predicted molar refractivity (Wildman–Crippen MR) is 169 cm³/mol. The smallest absolute Gasteiger partial charge is 0.136 e. The van der Waals surface area contributed by atoms with Crippen molar-refractivity contribution >= 4 is 39.7 Å². The number of hydrogen-bond acceptors (Lipinski definition) is 2. The second kappa shape index (κ2) is 8.11. The number of rotatable bonds is 4. The molecule has 5 aromatic rings. The highest BCUT2D eigenvalue weighted by Gasteiger charge is 2.43. The maximum absolute atomic E-state index is 6.32. The van der Waals surface area contributed by atoms with E-state index >= 15 is 0 Å². The summed E-state index contributed by atoms with van der Waals surface area (Å²) in [6.07, 6.45) is 7.73. The number of furan rings is 2. The number of para-hydroxylation sites is 1. The van der Waals surface area contributed by atoms with Crippen molar-refractivity contribution in [3.8, 4) is 11.1 Å². The van der Waals surface area contributed by atoms with E-state index in [2.05, 4.69) is 96.3 Å². The first-order valence-corrected chi connectivity index (χ1v) is 14.0. The lowest BCUT2D eigenvalue weighted by molar-refractivity contribution is 0.524. The van der Waals surface area contributed by atoms with E-state index in [0.29, 0.717) is 0 Å². The van der Waals surface area contributed by atoms with Crippen LogP contribution in [0.5, 0.6) is 0 Å². The number of allylic oxidation sites excluding steroid dienone is 3. The molecule has 0 amide bonds. The SMILES string of the molecule is C=C/C=C\c1c(C)oc(C=C)c1C1=C(C)C(C)(C)c2cc3c(cc21)C(C)(C)c1ccc2oc4ccccc4c2c1-3. The molecule has 2 heterocycles. The van der Waals surface area contributed by atoms with Crippen molar-refractivity contribution in [2.45, 2.75) is 52.4 Å². The average Bonchev–Trinajstić information content (AvgIpc) is 3.59. The van der Waals surface area contributed by atoms with Gasteiger partial charge in [-0.1, -0.05) is 88.9 Å². The summed E-state index contributed by atoms with van der Waals surface area (Å²) in [5.74, 6) is 1.70. The van der Waals surface area contributed by atoms with E-state index in [1.54, 1.807) is 0 Å². The van der Waals surface area contributed by atoms with Crippen LogP contribution in [0.3, 0.4) is 0 Å². The van der Waals surface area contributed by atoms with Gasteiger partial charge in [0, 0.05) is 32.7 Å². The van der Waals surface area contributed by atoms with Crippen LogP contribution < -0.4 is 0 Å². The van der Waals surface area contributed by atoms with Crippen LogP contribution in [0.4, 0.5) is 0 Å². The highest BCUT2D eigenvalue weighted by Crippen LogP contribution is 2.58. The van der Waals surface area contributed by atoms with Crippen molar-refractivity contribution < 1.29 is 8.83 Å². The van der Waals surface area contributed by atoms with Gasteiger partial charge < -0.3 is 8.83 Å². The highest BCUT2D eigenvalue weighted by atomic mass is 16.3. The van der Waals surface area contributed by atoms with Crippen molar-refractivity contribution in [1.82, 2.24) is 0 Å². The zero-order valence-corrected chi connectivity index (χ0v) is 24.2. The van der Waals surface area contributed by atoms with E-state index < -0.39 is 0 Å². The third-order valence-electron chi connectivity index (χ3n) is 9.56. The van der Waals surface area contributed by atoms with Crippen molar-refractivity contribution in [3.63, 3.8) is 0 Å². The summed E-state index contributed by atoms with van der Waals surface area (Å²) >= 11 is 0. The van der Waals surface area contributed by atoms with E-state index in [4.69, 9.17) is 8.83 Å². The van der Waals surface area contributed by atoms with Gasteiger partial charge in [0.1, 0.15) is 22.7 Å². The lowest BCUT2D eigenvalue weighted by Crippen LogP contribution is -2.17. The third-order valence-corrected chi connectivity index (χ3v) is 9.56. The van der Waals surface area contributed by atoms with Crippen LogP contribution in [0, 0.1) is 6.92 Å². The van der Waals surface area contributed by atoms with Gasteiger partial charge in [-0.3, -0.25) is 0 Å². The number of hydrogen-bond donors (Lipinski definition) is 0. The largest absolute Gasteiger partial charge is 0.461 e. The summed E-state index contributed by atoms with van der Waals surface area (Å²) in [6.45, 7) is 21.7. The molecule has 0 saturated heterocycles. The van der Waals surface area contributed by atoms with Crippen LogP contribution in [0.25, 0.3) is 50.8 Å². The van der Waals surface area contributed by atoms with Gasteiger partial charge in [0.15, 0.2) is 0 Å².